The molecule has 0 spiro atoms. The summed E-state index contributed by atoms with van der Waals surface area (Å²) in [7, 11) is -3.49. The van der Waals surface area contributed by atoms with Crippen LogP contribution in [0.15, 0.2) is 44.4 Å². The molecule has 1 fully saturated rings. The summed E-state index contributed by atoms with van der Waals surface area (Å²) in [5, 5.41) is 3.31. The highest BCUT2D eigenvalue weighted by Gasteiger charge is 2.33. The van der Waals surface area contributed by atoms with Gasteiger partial charge >= 0.3 is 0 Å². The van der Waals surface area contributed by atoms with Crippen molar-refractivity contribution in [3.05, 3.63) is 45.2 Å². The Morgan fingerprint density at radius 3 is 2.48 bits per heavy atom. The third-order valence-electron chi connectivity index (χ3n) is 4.10. The fraction of sp³-hybridized carbons (Fsp3) is 0.312. The molecule has 2 aromatic rings. The van der Waals surface area contributed by atoms with E-state index in [1.165, 1.54) is 15.6 Å². The molecule has 1 aliphatic heterocycles. The largest absolute Gasteiger partial charge is 0.325 e. The highest BCUT2D eigenvalue weighted by atomic mass is 79.9. The smallest absolute Gasteiger partial charge is 0.252 e. The van der Waals surface area contributed by atoms with Gasteiger partial charge in [0.05, 0.1) is 14.5 Å². The van der Waals surface area contributed by atoms with E-state index in [9.17, 15) is 13.2 Å². The molecule has 0 bridgehead atoms. The number of rotatable bonds is 4. The summed E-state index contributed by atoms with van der Waals surface area (Å²) in [6.07, 6.45) is 0.976. The molecule has 1 amide bonds. The third-order valence-corrected chi connectivity index (χ3v) is 8.42. The SMILES string of the molecule is O=C(Nc1ccccc1Cl)C1CCN(S(=O)(=O)c2ccc(Br)s2)CC1. The number of amides is 1. The molecule has 9 heteroatoms. The van der Waals surface area contributed by atoms with Crippen molar-refractivity contribution < 1.29 is 13.2 Å². The number of thiophene rings is 1. The molecule has 0 radical (unpaired) electrons. The van der Waals surface area contributed by atoms with Crippen molar-refractivity contribution in [2.45, 2.75) is 17.1 Å². The van der Waals surface area contributed by atoms with Crippen molar-refractivity contribution in [2.24, 2.45) is 5.92 Å². The van der Waals surface area contributed by atoms with Gasteiger partial charge in [0.1, 0.15) is 4.21 Å². The number of nitrogens with one attached hydrogen (secondary N) is 1. The van der Waals surface area contributed by atoms with Gasteiger partial charge in [0.15, 0.2) is 0 Å². The number of piperidine rings is 1. The van der Waals surface area contributed by atoms with Gasteiger partial charge in [-0.25, -0.2) is 8.42 Å². The highest BCUT2D eigenvalue weighted by molar-refractivity contribution is 9.11. The molecular weight excluding hydrogens is 448 g/mol. The lowest BCUT2D eigenvalue weighted by Gasteiger charge is -2.30. The molecule has 1 aliphatic rings. The van der Waals surface area contributed by atoms with Gasteiger partial charge in [-0.3, -0.25) is 4.79 Å². The fourth-order valence-electron chi connectivity index (χ4n) is 2.72. The average molecular weight is 464 g/mol. The minimum Gasteiger partial charge on any atom is -0.325 e. The summed E-state index contributed by atoms with van der Waals surface area (Å²) < 4.78 is 27.8. The summed E-state index contributed by atoms with van der Waals surface area (Å²) >= 11 is 10.5. The molecule has 0 saturated carbocycles. The van der Waals surface area contributed by atoms with E-state index < -0.39 is 10.0 Å². The predicted octanol–water partition coefficient (Wildman–Crippen LogP) is 4.20. The number of halogens is 2. The molecule has 1 saturated heterocycles. The van der Waals surface area contributed by atoms with Crippen LogP contribution in [-0.2, 0) is 14.8 Å². The average Bonchev–Trinajstić information content (AvgIpc) is 3.04. The monoisotopic (exact) mass is 462 g/mol. The van der Waals surface area contributed by atoms with Crippen LogP contribution >= 0.6 is 38.9 Å². The molecule has 2 heterocycles. The number of hydrogen-bond donors (Lipinski definition) is 1. The van der Waals surface area contributed by atoms with Crippen LogP contribution in [0, 0.1) is 5.92 Å². The number of anilines is 1. The Balaban J connectivity index is 1.62. The van der Waals surface area contributed by atoms with Crippen LogP contribution in [0.25, 0.3) is 0 Å². The molecule has 3 rings (SSSR count). The van der Waals surface area contributed by atoms with Crippen molar-refractivity contribution in [1.82, 2.24) is 4.31 Å². The predicted molar refractivity (Wildman–Crippen MR) is 104 cm³/mol. The lowest BCUT2D eigenvalue weighted by molar-refractivity contribution is -0.120. The number of carbonyl (C=O) groups is 1. The third kappa shape index (κ3) is 4.25. The van der Waals surface area contributed by atoms with Crippen LogP contribution in [0.4, 0.5) is 5.69 Å². The Hall–Kier alpha value is -0.930. The van der Waals surface area contributed by atoms with E-state index in [0.29, 0.717) is 40.9 Å². The zero-order valence-electron chi connectivity index (χ0n) is 13.1. The van der Waals surface area contributed by atoms with Gasteiger partial charge in [-0.1, -0.05) is 23.7 Å². The van der Waals surface area contributed by atoms with Gasteiger partial charge in [-0.2, -0.15) is 4.31 Å². The van der Waals surface area contributed by atoms with E-state index in [4.69, 9.17) is 11.6 Å². The standard InChI is InChI=1S/C16H16BrClN2O3S2/c17-14-5-6-15(24-14)25(22,23)20-9-7-11(8-10-20)16(21)19-13-4-2-1-3-12(13)18/h1-6,11H,7-10H2,(H,19,21). The van der Waals surface area contributed by atoms with Crippen LogP contribution in [0.3, 0.4) is 0 Å². The molecule has 5 nitrogen and oxygen atoms in total. The van der Waals surface area contributed by atoms with E-state index in [0.717, 1.165) is 3.79 Å². The van der Waals surface area contributed by atoms with Crippen molar-refractivity contribution >= 4 is 60.5 Å². The summed E-state index contributed by atoms with van der Waals surface area (Å²) in [5.74, 6) is -0.346. The Morgan fingerprint density at radius 1 is 1.20 bits per heavy atom. The molecule has 0 aliphatic carbocycles. The lowest BCUT2D eigenvalue weighted by atomic mass is 9.97. The Morgan fingerprint density at radius 2 is 1.88 bits per heavy atom. The molecule has 1 N–H and O–H groups in total. The van der Waals surface area contributed by atoms with Gasteiger partial charge in [0.2, 0.25) is 5.91 Å². The second-order valence-electron chi connectivity index (χ2n) is 5.71. The van der Waals surface area contributed by atoms with E-state index in [1.807, 2.05) is 0 Å². The summed E-state index contributed by atoms with van der Waals surface area (Å²) in [6.45, 7) is 0.664. The van der Waals surface area contributed by atoms with Crippen molar-refractivity contribution in [3.8, 4) is 0 Å². The summed E-state index contributed by atoms with van der Waals surface area (Å²) in [4.78, 5) is 12.4. The van der Waals surface area contributed by atoms with Crippen LogP contribution in [-0.4, -0.2) is 31.7 Å². The van der Waals surface area contributed by atoms with E-state index in [-0.39, 0.29) is 11.8 Å². The summed E-state index contributed by atoms with van der Waals surface area (Å²) in [5.41, 5.74) is 0.577. The number of carbonyl (C=O) groups excluding carboxylic acids is 1. The van der Waals surface area contributed by atoms with Crippen molar-refractivity contribution in [2.75, 3.05) is 18.4 Å². The zero-order chi connectivity index (χ0) is 18.0. The lowest BCUT2D eigenvalue weighted by Crippen LogP contribution is -2.41. The van der Waals surface area contributed by atoms with Crippen LogP contribution in [0.5, 0.6) is 0 Å². The van der Waals surface area contributed by atoms with Gasteiger partial charge in [0.25, 0.3) is 10.0 Å². The number of sulfonamides is 1. The first-order chi connectivity index (χ1) is 11.9. The molecular formula is C16H16BrClN2O3S2. The second-order valence-corrected chi connectivity index (χ2v) is 10.7. The number of hydrogen-bond acceptors (Lipinski definition) is 4. The first kappa shape index (κ1) is 18.8. The quantitative estimate of drug-likeness (QED) is 0.739. The number of nitrogens with zero attached hydrogens (tertiary/aromatic N) is 1. The summed E-state index contributed by atoms with van der Waals surface area (Å²) in [6, 6.07) is 10.4. The molecule has 0 unspecified atom stereocenters. The van der Waals surface area contributed by atoms with Gasteiger partial charge < -0.3 is 5.32 Å². The molecule has 134 valence electrons. The second kappa shape index (κ2) is 7.75. The van der Waals surface area contributed by atoms with Crippen LogP contribution in [0.1, 0.15) is 12.8 Å². The first-order valence-electron chi connectivity index (χ1n) is 7.69. The number of para-hydroxylation sites is 1. The van der Waals surface area contributed by atoms with Crippen LogP contribution in [0.2, 0.25) is 5.02 Å². The zero-order valence-corrected chi connectivity index (χ0v) is 17.1. The fourth-order valence-corrected chi connectivity index (χ4v) is 6.54. The van der Waals surface area contributed by atoms with Crippen molar-refractivity contribution in [1.29, 1.82) is 0 Å². The Kier molecular flexibility index (Phi) is 5.85. The minimum absolute atomic E-state index is 0.121. The van der Waals surface area contributed by atoms with Gasteiger partial charge in [0, 0.05) is 19.0 Å². The molecule has 0 atom stereocenters. The topological polar surface area (TPSA) is 66.5 Å². The minimum atomic E-state index is -3.49. The van der Waals surface area contributed by atoms with Gasteiger partial charge in [-0.15, -0.1) is 11.3 Å². The van der Waals surface area contributed by atoms with E-state index in [1.54, 1.807) is 36.4 Å². The van der Waals surface area contributed by atoms with Crippen molar-refractivity contribution in [3.63, 3.8) is 0 Å². The Labute approximate surface area is 164 Å². The van der Waals surface area contributed by atoms with Gasteiger partial charge in [-0.05, 0) is 53.0 Å². The molecule has 25 heavy (non-hydrogen) atoms. The van der Waals surface area contributed by atoms with E-state index in [2.05, 4.69) is 21.2 Å². The maximum atomic E-state index is 12.6. The normalized spacial score (nSPS) is 16.7. The molecule has 1 aromatic carbocycles. The highest BCUT2D eigenvalue weighted by Crippen LogP contribution is 2.31. The Bertz CT molecular complexity index is 877. The number of benzene rings is 1. The maximum absolute atomic E-state index is 12.6. The van der Waals surface area contributed by atoms with Crippen LogP contribution < -0.4 is 5.32 Å². The maximum Gasteiger partial charge on any atom is 0.252 e. The first-order valence-corrected chi connectivity index (χ1v) is 11.1. The molecule has 1 aromatic heterocycles. The van der Waals surface area contributed by atoms with E-state index >= 15 is 0 Å².